The minimum Gasteiger partial charge on any atom is -0.507 e. The molecule has 5 heteroatoms. The maximum Gasteiger partial charge on any atom is 0.203 e. The Hall–Kier alpha value is -1.88. The van der Waals surface area contributed by atoms with Gasteiger partial charge in [0, 0.05) is 10.9 Å². The van der Waals surface area contributed by atoms with Gasteiger partial charge in [0.15, 0.2) is 0 Å². The SMILES string of the molecule is C/C(=N\Nc1nc(C)cs1)c1ccccc1O. The predicted octanol–water partition coefficient (Wildman–Crippen LogP) is 2.99. The number of aryl methyl sites for hydroxylation is 1. The van der Waals surface area contributed by atoms with Crippen molar-refractivity contribution < 1.29 is 5.11 Å². The minimum absolute atomic E-state index is 0.228. The van der Waals surface area contributed by atoms with E-state index in [0.29, 0.717) is 5.56 Å². The quantitative estimate of drug-likeness (QED) is 0.647. The number of benzene rings is 1. The fourth-order valence-electron chi connectivity index (χ4n) is 1.38. The normalized spacial score (nSPS) is 11.5. The summed E-state index contributed by atoms with van der Waals surface area (Å²) in [5, 5.41) is 16.6. The van der Waals surface area contributed by atoms with Gasteiger partial charge in [0.05, 0.1) is 11.4 Å². The molecule has 0 spiro atoms. The Kier molecular flexibility index (Phi) is 3.39. The molecule has 0 amide bonds. The Morgan fingerprint density at radius 3 is 2.82 bits per heavy atom. The molecule has 0 unspecified atom stereocenters. The van der Waals surface area contributed by atoms with Crippen LogP contribution >= 0.6 is 11.3 Å². The van der Waals surface area contributed by atoms with Crippen molar-refractivity contribution in [1.82, 2.24) is 4.98 Å². The van der Waals surface area contributed by atoms with Crippen LogP contribution < -0.4 is 5.43 Å². The largest absolute Gasteiger partial charge is 0.507 e. The zero-order chi connectivity index (χ0) is 12.3. The Bertz CT molecular complexity index is 548. The molecule has 0 fully saturated rings. The van der Waals surface area contributed by atoms with E-state index in [-0.39, 0.29) is 5.75 Å². The zero-order valence-corrected chi connectivity index (χ0v) is 10.5. The Morgan fingerprint density at radius 1 is 1.41 bits per heavy atom. The van der Waals surface area contributed by atoms with Crippen molar-refractivity contribution in [1.29, 1.82) is 0 Å². The van der Waals surface area contributed by atoms with Crippen LogP contribution in [-0.4, -0.2) is 15.8 Å². The summed E-state index contributed by atoms with van der Waals surface area (Å²) in [6.07, 6.45) is 0. The third-order valence-corrected chi connectivity index (χ3v) is 3.10. The summed E-state index contributed by atoms with van der Waals surface area (Å²) in [6.45, 7) is 3.77. The van der Waals surface area contributed by atoms with Gasteiger partial charge in [0.25, 0.3) is 0 Å². The maximum absolute atomic E-state index is 9.66. The molecule has 0 aliphatic carbocycles. The Balaban J connectivity index is 2.15. The van der Waals surface area contributed by atoms with Crippen molar-refractivity contribution in [3.8, 4) is 5.75 Å². The third kappa shape index (κ3) is 2.82. The summed E-state index contributed by atoms with van der Waals surface area (Å²) in [7, 11) is 0. The number of phenolic OH excluding ortho intramolecular Hbond substituents is 1. The first kappa shape index (κ1) is 11.6. The maximum atomic E-state index is 9.66. The summed E-state index contributed by atoms with van der Waals surface area (Å²) in [6, 6.07) is 7.11. The molecule has 2 aromatic rings. The van der Waals surface area contributed by atoms with Crippen molar-refractivity contribution in [2.75, 3.05) is 5.43 Å². The predicted molar refractivity (Wildman–Crippen MR) is 70.8 cm³/mol. The van der Waals surface area contributed by atoms with E-state index in [1.807, 2.05) is 31.4 Å². The van der Waals surface area contributed by atoms with E-state index in [0.717, 1.165) is 16.5 Å². The molecule has 0 aliphatic heterocycles. The van der Waals surface area contributed by atoms with Crippen molar-refractivity contribution in [2.45, 2.75) is 13.8 Å². The second-order valence-electron chi connectivity index (χ2n) is 3.62. The van der Waals surface area contributed by atoms with Crippen LogP contribution in [-0.2, 0) is 0 Å². The van der Waals surface area contributed by atoms with Gasteiger partial charge in [-0.1, -0.05) is 12.1 Å². The first-order valence-electron chi connectivity index (χ1n) is 5.17. The Morgan fingerprint density at radius 2 is 2.18 bits per heavy atom. The third-order valence-electron chi connectivity index (χ3n) is 2.23. The van der Waals surface area contributed by atoms with Crippen LogP contribution in [0.2, 0.25) is 0 Å². The average molecular weight is 247 g/mol. The molecule has 1 heterocycles. The molecule has 88 valence electrons. The second kappa shape index (κ2) is 4.97. The molecule has 0 bridgehead atoms. The zero-order valence-electron chi connectivity index (χ0n) is 9.64. The van der Waals surface area contributed by atoms with Crippen LogP contribution in [0.1, 0.15) is 18.2 Å². The van der Waals surface area contributed by atoms with Gasteiger partial charge in [0.2, 0.25) is 5.13 Å². The number of para-hydroxylation sites is 1. The summed E-state index contributed by atoms with van der Waals surface area (Å²) >= 11 is 1.50. The van der Waals surface area contributed by atoms with Crippen LogP contribution in [0.4, 0.5) is 5.13 Å². The summed E-state index contributed by atoms with van der Waals surface area (Å²) in [5.74, 6) is 0.228. The number of thiazole rings is 1. The van der Waals surface area contributed by atoms with Gasteiger partial charge >= 0.3 is 0 Å². The Labute approximate surface area is 104 Å². The monoisotopic (exact) mass is 247 g/mol. The molecule has 0 saturated carbocycles. The molecule has 0 radical (unpaired) electrons. The fraction of sp³-hybridized carbons (Fsp3) is 0.167. The lowest BCUT2D eigenvalue weighted by Crippen LogP contribution is -1.99. The van der Waals surface area contributed by atoms with Crippen molar-refractivity contribution >= 4 is 22.2 Å². The molecule has 0 atom stereocenters. The van der Waals surface area contributed by atoms with Crippen LogP contribution in [0.3, 0.4) is 0 Å². The van der Waals surface area contributed by atoms with Crippen LogP contribution in [0, 0.1) is 6.92 Å². The molecule has 2 rings (SSSR count). The van der Waals surface area contributed by atoms with Gasteiger partial charge in [0.1, 0.15) is 5.75 Å². The molecule has 0 saturated heterocycles. The van der Waals surface area contributed by atoms with Gasteiger partial charge in [-0.3, -0.25) is 5.43 Å². The molecular weight excluding hydrogens is 234 g/mol. The topological polar surface area (TPSA) is 57.5 Å². The van der Waals surface area contributed by atoms with Crippen molar-refractivity contribution in [2.24, 2.45) is 5.10 Å². The molecule has 17 heavy (non-hydrogen) atoms. The number of phenols is 1. The van der Waals surface area contributed by atoms with Crippen molar-refractivity contribution in [3.05, 3.63) is 40.9 Å². The molecule has 1 aromatic heterocycles. The second-order valence-corrected chi connectivity index (χ2v) is 4.48. The van der Waals surface area contributed by atoms with Gasteiger partial charge in [-0.25, -0.2) is 4.98 Å². The molecule has 4 nitrogen and oxygen atoms in total. The standard InChI is InChI=1S/C12H13N3OS/c1-8-7-17-12(13-8)15-14-9(2)10-5-3-4-6-11(10)16/h3-7,16H,1-2H3,(H,13,15)/b14-9+. The number of aromatic hydroxyl groups is 1. The minimum atomic E-state index is 0.228. The van der Waals surface area contributed by atoms with Gasteiger partial charge < -0.3 is 5.11 Å². The highest BCUT2D eigenvalue weighted by molar-refractivity contribution is 7.13. The van der Waals surface area contributed by atoms with E-state index in [9.17, 15) is 5.11 Å². The van der Waals surface area contributed by atoms with Crippen LogP contribution in [0.25, 0.3) is 0 Å². The van der Waals surface area contributed by atoms with Gasteiger partial charge in [-0.2, -0.15) is 5.10 Å². The number of hydrogen-bond acceptors (Lipinski definition) is 5. The van der Waals surface area contributed by atoms with Gasteiger partial charge in [-0.15, -0.1) is 11.3 Å². The number of nitrogens with one attached hydrogen (secondary N) is 1. The van der Waals surface area contributed by atoms with E-state index in [4.69, 9.17) is 0 Å². The van der Waals surface area contributed by atoms with Crippen LogP contribution in [0.5, 0.6) is 5.75 Å². The van der Waals surface area contributed by atoms with Crippen LogP contribution in [0.15, 0.2) is 34.7 Å². The first-order chi connectivity index (χ1) is 8.16. The summed E-state index contributed by atoms with van der Waals surface area (Å²) in [4.78, 5) is 4.24. The number of hydrazone groups is 1. The lowest BCUT2D eigenvalue weighted by molar-refractivity contribution is 0.474. The highest BCUT2D eigenvalue weighted by Crippen LogP contribution is 2.18. The van der Waals surface area contributed by atoms with E-state index in [2.05, 4.69) is 15.5 Å². The fourth-order valence-corrected chi connectivity index (χ4v) is 2.01. The number of nitrogens with zero attached hydrogens (tertiary/aromatic N) is 2. The molecule has 2 N–H and O–H groups in total. The summed E-state index contributed by atoms with van der Waals surface area (Å²) in [5.41, 5.74) is 5.28. The average Bonchev–Trinajstić information content (AvgIpc) is 2.73. The highest BCUT2D eigenvalue weighted by Gasteiger charge is 2.03. The number of aromatic nitrogens is 1. The van der Waals surface area contributed by atoms with E-state index in [1.54, 1.807) is 12.1 Å². The number of rotatable bonds is 3. The highest BCUT2D eigenvalue weighted by atomic mass is 32.1. The lowest BCUT2D eigenvalue weighted by Gasteiger charge is -2.03. The smallest absolute Gasteiger partial charge is 0.203 e. The number of hydrogen-bond donors (Lipinski definition) is 2. The number of anilines is 1. The molecular formula is C12H13N3OS. The van der Waals surface area contributed by atoms with E-state index in [1.165, 1.54) is 11.3 Å². The molecule has 0 aliphatic rings. The van der Waals surface area contributed by atoms with Gasteiger partial charge in [-0.05, 0) is 26.0 Å². The van der Waals surface area contributed by atoms with E-state index < -0.39 is 0 Å². The first-order valence-corrected chi connectivity index (χ1v) is 6.05. The summed E-state index contributed by atoms with van der Waals surface area (Å²) < 4.78 is 0. The lowest BCUT2D eigenvalue weighted by atomic mass is 10.1. The molecule has 1 aromatic carbocycles. The van der Waals surface area contributed by atoms with E-state index >= 15 is 0 Å². The van der Waals surface area contributed by atoms with Crippen molar-refractivity contribution in [3.63, 3.8) is 0 Å².